The van der Waals surface area contributed by atoms with Crippen molar-refractivity contribution < 1.29 is 19.4 Å². The highest BCUT2D eigenvalue weighted by atomic mass is 16.6. The molecular weight excluding hydrogens is 296 g/mol. The maximum absolute atomic E-state index is 12.7. The molecule has 1 unspecified atom stereocenters. The number of epoxide rings is 1. The van der Waals surface area contributed by atoms with Crippen LogP contribution in [0.25, 0.3) is 0 Å². The van der Waals surface area contributed by atoms with Gasteiger partial charge >= 0.3 is 0 Å². The van der Waals surface area contributed by atoms with Gasteiger partial charge in [0.2, 0.25) is 0 Å². The van der Waals surface area contributed by atoms with Crippen LogP contribution in [-0.2, 0) is 9.53 Å². The van der Waals surface area contributed by atoms with E-state index in [9.17, 15) is 14.7 Å². The normalized spacial score (nSPS) is 25.8. The van der Waals surface area contributed by atoms with Crippen molar-refractivity contribution in [3.63, 3.8) is 0 Å². The van der Waals surface area contributed by atoms with Crippen molar-refractivity contribution in [1.29, 1.82) is 0 Å². The summed E-state index contributed by atoms with van der Waals surface area (Å²) in [7, 11) is 1.53. The third-order valence-electron chi connectivity index (χ3n) is 4.31. The summed E-state index contributed by atoms with van der Waals surface area (Å²) in [5.41, 5.74) is 0.0764. The zero-order valence-electron chi connectivity index (χ0n) is 12.3. The van der Waals surface area contributed by atoms with E-state index in [4.69, 9.17) is 4.74 Å². The monoisotopic (exact) mass is 310 g/mol. The number of hydrogen-bond donors (Lipinski definition) is 2. The highest BCUT2D eigenvalue weighted by molar-refractivity contribution is 6.12. The Morgan fingerprint density at radius 3 is 2.65 bits per heavy atom. The van der Waals surface area contributed by atoms with E-state index in [1.54, 1.807) is 0 Å². The summed E-state index contributed by atoms with van der Waals surface area (Å²) in [5, 5.41) is 12.3. The number of phenols is 1. The number of carbonyl (C=O) groups is 2. The Bertz CT molecular complexity index is 821. The number of nitrogens with zero attached hydrogens (tertiary/aromatic N) is 1. The lowest BCUT2D eigenvalue weighted by atomic mass is 10.0. The Labute approximate surface area is 132 Å². The maximum Gasteiger partial charge on any atom is 0.281 e. The lowest BCUT2D eigenvalue weighted by Crippen LogP contribution is -2.46. The second kappa shape index (κ2) is 4.57. The van der Waals surface area contributed by atoms with E-state index in [1.165, 1.54) is 30.1 Å². The van der Waals surface area contributed by atoms with Crippen molar-refractivity contribution in [1.82, 2.24) is 4.90 Å². The molecular formula is C17H14N2O4. The van der Waals surface area contributed by atoms with Crippen LogP contribution in [0.5, 0.6) is 5.75 Å². The van der Waals surface area contributed by atoms with E-state index in [0.29, 0.717) is 5.69 Å². The molecule has 0 aromatic heterocycles. The summed E-state index contributed by atoms with van der Waals surface area (Å²) in [6, 6.07) is 13.6. The lowest BCUT2D eigenvalue weighted by Gasteiger charge is -2.21. The third-order valence-corrected chi connectivity index (χ3v) is 4.31. The molecule has 2 aliphatic heterocycles. The largest absolute Gasteiger partial charge is 0.508 e. The number of nitrogens with one attached hydrogen (secondary N) is 1. The van der Waals surface area contributed by atoms with Gasteiger partial charge in [0, 0.05) is 7.05 Å². The van der Waals surface area contributed by atoms with Gasteiger partial charge in [0.25, 0.3) is 17.5 Å². The fourth-order valence-corrected chi connectivity index (χ4v) is 3.01. The zero-order valence-corrected chi connectivity index (χ0v) is 12.3. The van der Waals surface area contributed by atoms with Crippen LogP contribution in [0.1, 0.15) is 22.0 Å². The second-order valence-electron chi connectivity index (χ2n) is 5.65. The van der Waals surface area contributed by atoms with Crippen molar-refractivity contribution in [3.8, 4) is 5.75 Å². The van der Waals surface area contributed by atoms with E-state index in [1.807, 2.05) is 30.3 Å². The van der Waals surface area contributed by atoms with Gasteiger partial charge < -0.3 is 20.1 Å². The number of aromatic hydroxyl groups is 1. The molecule has 0 bridgehead atoms. The molecule has 2 amide bonds. The van der Waals surface area contributed by atoms with Crippen LogP contribution in [0.3, 0.4) is 0 Å². The predicted molar refractivity (Wildman–Crippen MR) is 81.8 cm³/mol. The molecule has 116 valence electrons. The van der Waals surface area contributed by atoms with Gasteiger partial charge in [0.05, 0.1) is 11.3 Å². The summed E-state index contributed by atoms with van der Waals surface area (Å²) >= 11 is 0. The van der Waals surface area contributed by atoms with E-state index in [2.05, 4.69) is 5.32 Å². The minimum Gasteiger partial charge on any atom is -0.508 e. The zero-order chi connectivity index (χ0) is 16.2. The Hall–Kier alpha value is -2.86. The fourth-order valence-electron chi connectivity index (χ4n) is 3.01. The van der Waals surface area contributed by atoms with Crippen molar-refractivity contribution in [2.75, 3.05) is 12.4 Å². The first kappa shape index (κ1) is 13.8. The number of phenolic OH excluding ortho intramolecular Hbond substituents is 1. The quantitative estimate of drug-likeness (QED) is 0.622. The summed E-state index contributed by atoms with van der Waals surface area (Å²) in [4.78, 5) is 26.7. The molecule has 1 saturated heterocycles. The first-order valence-corrected chi connectivity index (χ1v) is 7.19. The highest BCUT2D eigenvalue weighted by Crippen LogP contribution is 2.53. The number of anilines is 1. The topological polar surface area (TPSA) is 82.2 Å². The van der Waals surface area contributed by atoms with Crippen LogP contribution in [0.15, 0.2) is 48.5 Å². The summed E-state index contributed by atoms with van der Waals surface area (Å²) in [5.74, 6) is -0.814. The van der Waals surface area contributed by atoms with Crippen molar-refractivity contribution in [2.24, 2.45) is 0 Å². The maximum atomic E-state index is 12.7. The summed E-state index contributed by atoms with van der Waals surface area (Å²) < 4.78 is 5.70. The number of likely N-dealkylation sites (N-methyl/N-ethyl adjacent to an activating group) is 1. The molecule has 2 atom stereocenters. The van der Waals surface area contributed by atoms with Crippen LogP contribution in [0, 0.1) is 0 Å². The van der Waals surface area contributed by atoms with Gasteiger partial charge in [0.15, 0.2) is 0 Å². The number of benzene rings is 2. The molecule has 6 heteroatoms. The van der Waals surface area contributed by atoms with Crippen molar-refractivity contribution >= 4 is 17.5 Å². The van der Waals surface area contributed by atoms with Gasteiger partial charge in [-0.25, -0.2) is 0 Å². The summed E-state index contributed by atoms with van der Waals surface area (Å²) in [6.07, 6.45) is -0.513. The average molecular weight is 310 g/mol. The summed E-state index contributed by atoms with van der Waals surface area (Å²) in [6.45, 7) is 0. The average Bonchev–Trinajstić information content (AvgIpc) is 3.33. The standard InChI is InChI=1S/C17H14N2O4/c1-19-15(21)12-9-11(20)7-8-13(12)18-16(22)17(19)14(23-17)10-5-3-2-4-6-10/h2-9,14,20H,1H3,(H,18,22)/t14-,17?/m0/s1. The van der Waals surface area contributed by atoms with Crippen molar-refractivity contribution in [3.05, 3.63) is 59.7 Å². The minimum absolute atomic E-state index is 0.0352. The number of rotatable bonds is 1. The predicted octanol–water partition coefficient (Wildman–Crippen LogP) is 1.88. The molecule has 1 spiro atoms. The molecule has 4 rings (SSSR count). The fraction of sp³-hybridized carbons (Fsp3) is 0.176. The smallest absolute Gasteiger partial charge is 0.281 e. The first-order chi connectivity index (χ1) is 11.0. The molecule has 2 heterocycles. The molecule has 2 aromatic rings. The molecule has 1 fully saturated rings. The number of carbonyl (C=O) groups excluding carboxylic acids is 2. The van der Waals surface area contributed by atoms with Crippen LogP contribution in [0.2, 0.25) is 0 Å². The number of hydrogen-bond acceptors (Lipinski definition) is 4. The molecule has 6 nitrogen and oxygen atoms in total. The molecule has 2 aromatic carbocycles. The number of ether oxygens (including phenoxy) is 1. The van der Waals surface area contributed by atoms with E-state index >= 15 is 0 Å². The Morgan fingerprint density at radius 1 is 1.17 bits per heavy atom. The van der Waals surface area contributed by atoms with Gasteiger partial charge in [-0.3, -0.25) is 9.59 Å². The van der Waals surface area contributed by atoms with Crippen LogP contribution >= 0.6 is 0 Å². The minimum atomic E-state index is -1.35. The van der Waals surface area contributed by atoms with Crippen LogP contribution in [0.4, 0.5) is 5.69 Å². The van der Waals surface area contributed by atoms with Gasteiger partial charge in [-0.2, -0.15) is 0 Å². The highest BCUT2D eigenvalue weighted by Gasteiger charge is 2.68. The van der Waals surface area contributed by atoms with E-state index in [-0.39, 0.29) is 17.2 Å². The van der Waals surface area contributed by atoms with Crippen LogP contribution < -0.4 is 5.32 Å². The van der Waals surface area contributed by atoms with E-state index in [0.717, 1.165) is 5.56 Å². The molecule has 2 aliphatic rings. The molecule has 0 radical (unpaired) electrons. The second-order valence-corrected chi connectivity index (χ2v) is 5.65. The van der Waals surface area contributed by atoms with Gasteiger partial charge in [-0.05, 0) is 23.8 Å². The Balaban J connectivity index is 1.78. The Kier molecular flexibility index (Phi) is 2.74. The van der Waals surface area contributed by atoms with Crippen molar-refractivity contribution in [2.45, 2.75) is 11.8 Å². The van der Waals surface area contributed by atoms with Gasteiger partial charge in [-0.15, -0.1) is 0 Å². The Morgan fingerprint density at radius 2 is 1.91 bits per heavy atom. The number of fused-ring (bicyclic) bond motifs is 1. The SMILES string of the molecule is CN1C(=O)c2cc(O)ccc2NC(=O)C12O[C@H]2c1ccccc1. The van der Waals surface area contributed by atoms with Gasteiger partial charge in [-0.1, -0.05) is 30.3 Å². The lowest BCUT2D eigenvalue weighted by molar-refractivity contribution is -0.125. The van der Waals surface area contributed by atoms with Crippen LogP contribution in [-0.4, -0.2) is 34.6 Å². The van der Waals surface area contributed by atoms with E-state index < -0.39 is 17.7 Å². The molecule has 0 saturated carbocycles. The van der Waals surface area contributed by atoms with Gasteiger partial charge in [0.1, 0.15) is 11.9 Å². The number of amides is 2. The first-order valence-electron chi connectivity index (χ1n) is 7.19. The third kappa shape index (κ3) is 1.85. The molecule has 0 aliphatic carbocycles. The molecule has 23 heavy (non-hydrogen) atoms. The molecule has 2 N–H and O–H groups in total.